The summed E-state index contributed by atoms with van der Waals surface area (Å²) < 4.78 is 3.51. The number of imidazole rings is 1. The molecule has 5 heteroatoms. The summed E-state index contributed by atoms with van der Waals surface area (Å²) in [6, 6.07) is 35.6. The molecule has 6 aromatic rings. The van der Waals surface area contributed by atoms with Gasteiger partial charge >= 0.3 is 0 Å². The molecule has 0 radical (unpaired) electrons. The molecule has 2 aliphatic heterocycles. The molecular formula is C35H25BrN4. The van der Waals surface area contributed by atoms with Crippen LogP contribution in [0.1, 0.15) is 16.7 Å². The van der Waals surface area contributed by atoms with E-state index < -0.39 is 0 Å². The van der Waals surface area contributed by atoms with Gasteiger partial charge in [0.2, 0.25) is 0 Å². The van der Waals surface area contributed by atoms with Crippen LogP contribution in [-0.2, 0) is 13.1 Å². The fourth-order valence-corrected chi connectivity index (χ4v) is 7.33. The molecule has 0 atom stereocenters. The zero-order valence-corrected chi connectivity index (χ0v) is 23.6. The lowest BCUT2D eigenvalue weighted by Gasteiger charge is -2.45. The first-order valence-corrected chi connectivity index (χ1v) is 14.6. The Bertz CT molecular complexity index is 2020. The molecule has 192 valence electrons. The number of rotatable bonds is 2. The molecule has 0 unspecified atom stereocenters. The number of hydrogen-bond donors (Lipinski definition) is 0. The molecule has 3 aliphatic rings. The molecule has 3 heterocycles. The Morgan fingerprint density at radius 3 is 2.20 bits per heavy atom. The highest BCUT2D eigenvalue weighted by Crippen LogP contribution is 2.50. The van der Waals surface area contributed by atoms with E-state index in [0.717, 1.165) is 47.0 Å². The van der Waals surface area contributed by atoms with Crippen LogP contribution in [0.4, 0.5) is 11.4 Å². The molecule has 0 amide bonds. The van der Waals surface area contributed by atoms with Gasteiger partial charge in [-0.3, -0.25) is 4.57 Å². The summed E-state index contributed by atoms with van der Waals surface area (Å²) >= 11 is 3.66. The molecule has 9 rings (SSSR count). The van der Waals surface area contributed by atoms with Crippen molar-refractivity contribution in [2.45, 2.75) is 20.0 Å². The van der Waals surface area contributed by atoms with E-state index in [-0.39, 0.29) is 0 Å². The van der Waals surface area contributed by atoms with E-state index in [2.05, 4.69) is 134 Å². The van der Waals surface area contributed by atoms with Crippen LogP contribution in [0.25, 0.3) is 50.4 Å². The number of hydrogen-bond acceptors (Lipinski definition) is 3. The maximum absolute atomic E-state index is 5.40. The van der Waals surface area contributed by atoms with Gasteiger partial charge in [-0.05, 0) is 72.0 Å². The molecular weight excluding hydrogens is 556 g/mol. The molecule has 40 heavy (non-hydrogen) atoms. The Morgan fingerprint density at radius 2 is 1.43 bits per heavy atom. The number of fused-ring (bicyclic) bond motifs is 9. The van der Waals surface area contributed by atoms with Crippen molar-refractivity contribution in [3.05, 3.63) is 118 Å². The predicted octanol–water partition coefficient (Wildman–Crippen LogP) is 8.71. The third-order valence-electron chi connectivity index (χ3n) is 8.71. The molecule has 0 spiro atoms. The van der Waals surface area contributed by atoms with Crippen molar-refractivity contribution < 1.29 is 0 Å². The minimum Gasteiger partial charge on any atom is -0.349 e. The van der Waals surface area contributed by atoms with Crippen molar-refractivity contribution in [3.8, 4) is 39.6 Å². The topological polar surface area (TPSA) is 24.3 Å². The normalized spacial score (nSPS) is 14.3. The highest BCUT2D eigenvalue weighted by molar-refractivity contribution is 9.10. The first kappa shape index (κ1) is 22.5. The van der Waals surface area contributed by atoms with Crippen LogP contribution in [-0.4, -0.2) is 16.2 Å². The van der Waals surface area contributed by atoms with Crippen LogP contribution in [0.3, 0.4) is 0 Å². The van der Waals surface area contributed by atoms with Crippen LogP contribution < -0.4 is 9.80 Å². The summed E-state index contributed by atoms with van der Waals surface area (Å²) in [6.07, 6.45) is 0. The summed E-state index contributed by atoms with van der Waals surface area (Å²) in [5, 5.41) is 2.57. The van der Waals surface area contributed by atoms with E-state index in [9.17, 15) is 0 Å². The van der Waals surface area contributed by atoms with E-state index >= 15 is 0 Å². The van der Waals surface area contributed by atoms with E-state index in [1.165, 1.54) is 55.7 Å². The van der Waals surface area contributed by atoms with Crippen molar-refractivity contribution in [3.63, 3.8) is 0 Å². The Balaban J connectivity index is 1.23. The quantitative estimate of drug-likeness (QED) is 0.204. The SMILES string of the molecule is Cc1ccc(-n2c(-c3ccc4c(c3)CN3CN4Cc4cc(Br)ccc43)nc3c2-c2cccc4cccc-3c24)cc1. The highest BCUT2D eigenvalue weighted by Gasteiger charge is 2.32. The molecule has 0 saturated carbocycles. The van der Waals surface area contributed by atoms with Crippen molar-refractivity contribution in [2.24, 2.45) is 0 Å². The summed E-state index contributed by atoms with van der Waals surface area (Å²) in [5.41, 5.74) is 13.7. The van der Waals surface area contributed by atoms with Gasteiger partial charge in [0, 0.05) is 56.7 Å². The third-order valence-corrected chi connectivity index (χ3v) is 9.20. The first-order valence-electron chi connectivity index (χ1n) is 13.8. The molecule has 4 nitrogen and oxygen atoms in total. The molecule has 0 saturated heterocycles. The van der Waals surface area contributed by atoms with Gasteiger partial charge in [-0.15, -0.1) is 0 Å². The lowest BCUT2D eigenvalue weighted by Crippen LogP contribution is -2.46. The monoisotopic (exact) mass is 580 g/mol. The van der Waals surface area contributed by atoms with Crippen LogP contribution in [0, 0.1) is 6.92 Å². The first-order chi connectivity index (χ1) is 19.6. The van der Waals surface area contributed by atoms with Crippen LogP contribution in [0.2, 0.25) is 0 Å². The van der Waals surface area contributed by atoms with E-state index in [4.69, 9.17) is 4.98 Å². The molecule has 5 aromatic carbocycles. The maximum atomic E-state index is 5.40. The van der Waals surface area contributed by atoms with Gasteiger partial charge in [0.1, 0.15) is 5.82 Å². The number of halogens is 1. The van der Waals surface area contributed by atoms with E-state index in [1.807, 2.05) is 0 Å². The van der Waals surface area contributed by atoms with Crippen LogP contribution >= 0.6 is 15.9 Å². The smallest absolute Gasteiger partial charge is 0.145 e. The second-order valence-corrected chi connectivity index (χ2v) is 12.1. The summed E-state index contributed by atoms with van der Waals surface area (Å²) in [6.45, 7) is 4.88. The van der Waals surface area contributed by atoms with Crippen LogP contribution in [0.15, 0.2) is 102 Å². The maximum Gasteiger partial charge on any atom is 0.145 e. The van der Waals surface area contributed by atoms with Crippen LogP contribution in [0.5, 0.6) is 0 Å². The van der Waals surface area contributed by atoms with E-state index in [1.54, 1.807) is 0 Å². The number of aromatic nitrogens is 2. The average Bonchev–Trinajstić information content (AvgIpc) is 3.50. The third kappa shape index (κ3) is 3.10. The molecule has 1 aliphatic carbocycles. The number of nitrogens with zero attached hydrogens (tertiary/aromatic N) is 4. The minimum atomic E-state index is 0.890. The standard InChI is InChI=1S/C35H25BrN4/c1-21-8-12-27(13-9-21)40-34-29-7-3-5-22-4-2-6-28(32(22)29)33(34)37-35(40)23-10-14-30-24(16-23)18-38-20-39(30)19-25-17-26(36)11-15-31(25)38/h2-17H,18-20H2,1H3. The van der Waals surface area contributed by atoms with Crippen molar-refractivity contribution in [1.29, 1.82) is 0 Å². The van der Waals surface area contributed by atoms with Crippen molar-refractivity contribution in [1.82, 2.24) is 9.55 Å². The van der Waals surface area contributed by atoms with Crippen molar-refractivity contribution in [2.75, 3.05) is 16.5 Å². The number of anilines is 2. The lowest BCUT2D eigenvalue weighted by atomic mass is 9.99. The Hall–Kier alpha value is -4.35. The Kier molecular flexibility index (Phi) is 4.54. The average molecular weight is 582 g/mol. The summed E-state index contributed by atoms with van der Waals surface area (Å²) in [4.78, 5) is 10.4. The van der Waals surface area contributed by atoms with Gasteiger partial charge in [-0.25, -0.2) is 4.98 Å². The van der Waals surface area contributed by atoms with Gasteiger partial charge in [0.15, 0.2) is 0 Å². The zero-order chi connectivity index (χ0) is 26.5. The number of benzene rings is 5. The lowest BCUT2D eigenvalue weighted by molar-refractivity contribution is 0.651. The Morgan fingerprint density at radius 1 is 0.725 bits per heavy atom. The van der Waals surface area contributed by atoms with Gasteiger partial charge < -0.3 is 9.80 Å². The van der Waals surface area contributed by atoms with Gasteiger partial charge in [-0.2, -0.15) is 0 Å². The second kappa shape index (κ2) is 8.09. The van der Waals surface area contributed by atoms with Gasteiger partial charge in [0.25, 0.3) is 0 Å². The number of aryl methyl sites for hydroxylation is 1. The second-order valence-electron chi connectivity index (χ2n) is 11.2. The summed E-state index contributed by atoms with van der Waals surface area (Å²) in [7, 11) is 0. The fourth-order valence-electron chi connectivity index (χ4n) is 6.92. The van der Waals surface area contributed by atoms with Gasteiger partial charge in [-0.1, -0.05) is 70.0 Å². The Labute approximate surface area is 241 Å². The molecule has 0 N–H and O–H groups in total. The predicted molar refractivity (Wildman–Crippen MR) is 167 cm³/mol. The van der Waals surface area contributed by atoms with E-state index in [0.29, 0.717) is 0 Å². The molecule has 1 aromatic heterocycles. The summed E-state index contributed by atoms with van der Waals surface area (Å²) in [5.74, 6) is 0.994. The fraction of sp³-hybridized carbons (Fsp3) is 0.114. The van der Waals surface area contributed by atoms with Crippen molar-refractivity contribution >= 4 is 38.1 Å². The van der Waals surface area contributed by atoms with Gasteiger partial charge in [0.05, 0.1) is 18.1 Å². The molecule has 2 bridgehead atoms. The largest absolute Gasteiger partial charge is 0.349 e. The molecule has 0 fully saturated rings. The minimum absolute atomic E-state index is 0.890. The highest BCUT2D eigenvalue weighted by atomic mass is 79.9. The zero-order valence-electron chi connectivity index (χ0n) is 22.0.